The lowest BCUT2D eigenvalue weighted by molar-refractivity contribution is 0.102. The highest BCUT2D eigenvalue weighted by Crippen LogP contribution is 2.14. The number of hydrogen-bond acceptors (Lipinski definition) is 2. The zero-order valence-electron chi connectivity index (χ0n) is 10.9. The lowest BCUT2D eigenvalue weighted by Crippen LogP contribution is -2.11. The van der Waals surface area contributed by atoms with Crippen LogP contribution in [0.2, 0.25) is 0 Å². The molecule has 98 valence electrons. The van der Waals surface area contributed by atoms with Crippen LogP contribution in [0.15, 0.2) is 53.4 Å². The normalized spacial score (nSPS) is 10.2. The molecule has 0 spiro atoms. The van der Waals surface area contributed by atoms with E-state index in [1.807, 2.05) is 36.4 Å². The van der Waals surface area contributed by atoms with E-state index >= 15 is 0 Å². The second-order valence-corrected chi connectivity index (χ2v) is 4.97. The highest BCUT2D eigenvalue weighted by molar-refractivity contribution is 7.80. The van der Waals surface area contributed by atoms with E-state index in [9.17, 15) is 4.79 Å². The third-order valence-electron chi connectivity index (χ3n) is 2.86. The van der Waals surface area contributed by atoms with Gasteiger partial charge in [-0.2, -0.15) is 0 Å². The summed E-state index contributed by atoms with van der Waals surface area (Å²) < 4.78 is 0. The molecule has 2 aromatic rings. The molecule has 0 atom stereocenters. The van der Waals surface area contributed by atoms with Crippen molar-refractivity contribution in [3.05, 3.63) is 59.7 Å². The number of amides is 1. The Hall–Kier alpha value is -1.74. The number of rotatable bonds is 4. The van der Waals surface area contributed by atoms with E-state index in [0.717, 1.165) is 23.4 Å². The Kier molecular flexibility index (Phi) is 4.63. The molecule has 0 aromatic heterocycles. The molecule has 0 aliphatic carbocycles. The Morgan fingerprint density at radius 3 is 2.53 bits per heavy atom. The maximum Gasteiger partial charge on any atom is 0.255 e. The van der Waals surface area contributed by atoms with Crippen molar-refractivity contribution in [2.45, 2.75) is 24.7 Å². The molecule has 0 saturated carbocycles. The van der Waals surface area contributed by atoms with Crippen LogP contribution in [0, 0.1) is 0 Å². The number of benzene rings is 2. The molecule has 0 heterocycles. The summed E-state index contributed by atoms with van der Waals surface area (Å²) in [5.74, 6) is -0.112. The van der Waals surface area contributed by atoms with Crippen LogP contribution in [-0.2, 0) is 6.42 Å². The van der Waals surface area contributed by atoms with Crippen molar-refractivity contribution in [2.75, 3.05) is 5.32 Å². The van der Waals surface area contributed by atoms with Crippen molar-refractivity contribution in [1.82, 2.24) is 0 Å². The monoisotopic (exact) mass is 271 g/mol. The summed E-state index contributed by atoms with van der Waals surface area (Å²) in [6.07, 6.45) is 2.19. The van der Waals surface area contributed by atoms with Gasteiger partial charge in [0.05, 0.1) is 0 Å². The Morgan fingerprint density at radius 1 is 1.16 bits per heavy atom. The number of hydrogen-bond donors (Lipinski definition) is 2. The molecule has 19 heavy (non-hydrogen) atoms. The fraction of sp³-hybridized carbons (Fsp3) is 0.188. The second kappa shape index (κ2) is 6.43. The van der Waals surface area contributed by atoms with E-state index in [1.165, 1.54) is 5.56 Å². The summed E-state index contributed by atoms with van der Waals surface area (Å²) in [6.45, 7) is 2.15. The third-order valence-corrected chi connectivity index (χ3v) is 3.14. The summed E-state index contributed by atoms with van der Waals surface area (Å²) in [5.41, 5.74) is 2.72. The van der Waals surface area contributed by atoms with Crippen LogP contribution in [0.3, 0.4) is 0 Å². The van der Waals surface area contributed by atoms with Gasteiger partial charge in [0, 0.05) is 16.1 Å². The summed E-state index contributed by atoms with van der Waals surface area (Å²) in [5, 5.41) is 2.88. The van der Waals surface area contributed by atoms with Gasteiger partial charge < -0.3 is 5.32 Å². The number of thiol groups is 1. The lowest BCUT2D eigenvalue weighted by Gasteiger charge is -2.06. The number of carbonyl (C=O) groups excluding carboxylic acids is 1. The first-order chi connectivity index (χ1) is 9.19. The molecule has 2 nitrogen and oxygen atoms in total. The van der Waals surface area contributed by atoms with Gasteiger partial charge in [-0.3, -0.25) is 4.79 Å². The van der Waals surface area contributed by atoms with Crippen LogP contribution in [-0.4, -0.2) is 5.91 Å². The minimum Gasteiger partial charge on any atom is -0.322 e. The summed E-state index contributed by atoms with van der Waals surface area (Å²) in [6, 6.07) is 15.2. The summed E-state index contributed by atoms with van der Waals surface area (Å²) in [4.78, 5) is 12.8. The maximum atomic E-state index is 12.0. The molecule has 0 aliphatic rings. The first kappa shape index (κ1) is 13.7. The molecule has 2 aromatic carbocycles. The highest BCUT2D eigenvalue weighted by atomic mass is 32.1. The summed E-state index contributed by atoms with van der Waals surface area (Å²) in [7, 11) is 0. The molecule has 3 heteroatoms. The van der Waals surface area contributed by atoms with Gasteiger partial charge in [-0.25, -0.2) is 0 Å². The molecule has 1 amide bonds. The minimum absolute atomic E-state index is 0.112. The Bertz CT molecular complexity index is 563. The molecular formula is C16H17NOS. The first-order valence-corrected chi connectivity index (χ1v) is 6.83. The molecule has 2 rings (SSSR count). The zero-order chi connectivity index (χ0) is 13.7. The fourth-order valence-electron chi connectivity index (χ4n) is 1.89. The zero-order valence-corrected chi connectivity index (χ0v) is 11.8. The van der Waals surface area contributed by atoms with E-state index in [0.29, 0.717) is 5.56 Å². The van der Waals surface area contributed by atoms with Gasteiger partial charge >= 0.3 is 0 Å². The van der Waals surface area contributed by atoms with Crippen molar-refractivity contribution in [2.24, 2.45) is 0 Å². The van der Waals surface area contributed by atoms with Crippen LogP contribution in [0.5, 0.6) is 0 Å². The second-order valence-electron chi connectivity index (χ2n) is 4.45. The molecule has 0 radical (unpaired) electrons. The average Bonchev–Trinajstić information content (AvgIpc) is 2.41. The smallest absolute Gasteiger partial charge is 0.255 e. The van der Waals surface area contributed by atoms with Crippen molar-refractivity contribution < 1.29 is 4.79 Å². The van der Waals surface area contributed by atoms with E-state index < -0.39 is 0 Å². The van der Waals surface area contributed by atoms with Gasteiger partial charge in [0.15, 0.2) is 0 Å². The number of anilines is 1. The van der Waals surface area contributed by atoms with Crippen LogP contribution in [0.25, 0.3) is 0 Å². The van der Waals surface area contributed by atoms with Crippen molar-refractivity contribution in [1.29, 1.82) is 0 Å². The highest BCUT2D eigenvalue weighted by Gasteiger charge is 2.05. The fourth-order valence-corrected chi connectivity index (χ4v) is 2.12. The standard InChI is InChI=1S/C16H17NOS/c1-2-4-12-7-9-14(10-8-12)17-16(18)13-5-3-6-15(19)11-13/h3,5-11,19H,2,4H2,1H3,(H,17,18). The minimum atomic E-state index is -0.112. The van der Waals surface area contributed by atoms with Gasteiger partial charge in [0.2, 0.25) is 0 Å². The van der Waals surface area contributed by atoms with Crippen molar-refractivity contribution in [3.63, 3.8) is 0 Å². The average molecular weight is 271 g/mol. The first-order valence-electron chi connectivity index (χ1n) is 6.38. The Balaban J connectivity index is 2.06. The van der Waals surface area contributed by atoms with Gasteiger partial charge in [-0.05, 0) is 42.3 Å². The summed E-state index contributed by atoms with van der Waals surface area (Å²) >= 11 is 4.23. The number of aryl methyl sites for hydroxylation is 1. The predicted octanol–water partition coefficient (Wildman–Crippen LogP) is 4.18. The lowest BCUT2D eigenvalue weighted by atomic mass is 10.1. The van der Waals surface area contributed by atoms with Gasteiger partial charge in [0.25, 0.3) is 5.91 Å². The SMILES string of the molecule is CCCc1ccc(NC(=O)c2cccc(S)c2)cc1. The van der Waals surface area contributed by atoms with Gasteiger partial charge in [-0.1, -0.05) is 31.5 Å². The molecule has 0 saturated heterocycles. The van der Waals surface area contributed by atoms with Crippen LogP contribution in [0.1, 0.15) is 29.3 Å². The molecule has 0 bridgehead atoms. The van der Waals surface area contributed by atoms with Gasteiger partial charge in [0.1, 0.15) is 0 Å². The van der Waals surface area contributed by atoms with Gasteiger partial charge in [-0.15, -0.1) is 12.6 Å². The van der Waals surface area contributed by atoms with E-state index in [1.54, 1.807) is 12.1 Å². The molecule has 1 N–H and O–H groups in total. The molecule has 0 fully saturated rings. The molecular weight excluding hydrogens is 254 g/mol. The third kappa shape index (κ3) is 3.86. The number of nitrogens with one attached hydrogen (secondary N) is 1. The quantitative estimate of drug-likeness (QED) is 0.803. The van der Waals surface area contributed by atoms with Crippen LogP contribution in [0.4, 0.5) is 5.69 Å². The molecule has 0 unspecified atom stereocenters. The van der Waals surface area contributed by atoms with E-state index in [4.69, 9.17) is 0 Å². The Labute approximate surface area is 119 Å². The van der Waals surface area contributed by atoms with Crippen LogP contribution >= 0.6 is 12.6 Å². The van der Waals surface area contributed by atoms with E-state index in [2.05, 4.69) is 24.9 Å². The Morgan fingerprint density at radius 2 is 1.89 bits per heavy atom. The largest absolute Gasteiger partial charge is 0.322 e. The van der Waals surface area contributed by atoms with Crippen LogP contribution < -0.4 is 5.32 Å². The number of carbonyl (C=O) groups is 1. The topological polar surface area (TPSA) is 29.1 Å². The maximum absolute atomic E-state index is 12.0. The van der Waals surface area contributed by atoms with Crippen molar-refractivity contribution in [3.8, 4) is 0 Å². The predicted molar refractivity (Wildman–Crippen MR) is 82.1 cm³/mol. The van der Waals surface area contributed by atoms with Crippen molar-refractivity contribution >= 4 is 24.2 Å². The van der Waals surface area contributed by atoms with E-state index in [-0.39, 0.29) is 5.91 Å². The molecule has 0 aliphatic heterocycles.